The zero-order valence-electron chi connectivity index (χ0n) is 22.9. The Morgan fingerprint density at radius 2 is 1.75 bits per heavy atom. The van der Waals surface area contributed by atoms with E-state index in [0.29, 0.717) is 26.1 Å². The summed E-state index contributed by atoms with van der Waals surface area (Å²) in [5.74, 6) is 0.958. The van der Waals surface area contributed by atoms with Crippen LogP contribution in [0.3, 0.4) is 0 Å². The van der Waals surface area contributed by atoms with Crippen LogP contribution < -0.4 is 4.90 Å². The molecule has 3 unspecified atom stereocenters. The SMILES string of the molecule is Cc1cccc(CN2C(=O)/C(=C/c3ccccc3)SC3CCC(C(=O)N4CCN(c5ncccn5)CC4)CC32)c1. The van der Waals surface area contributed by atoms with Crippen molar-refractivity contribution < 1.29 is 9.59 Å². The van der Waals surface area contributed by atoms with Gasteiger partial charge in [0.1, 0.15) is 0 Å². The normalized spacial score (nSPS) is 24.2. The van der Waals surface area contributed by atoms with E-state index in [1.807, 2.05) is 47.4 Å². The number of hydrogen-bond donors (Lipinski definition) is 0. The second kappa shape index (κ2) is 11.8. The van der Waals surface area contributed by atoms with Crippen molar-refractivity contribution in [2.45, 2.75) is 44.0 Å². The quantitative estimate of drug-likeness (QED) is 0.424. The highest BCUT2D eigenvalue weighted by atomic mass is 32.2. The average Bonchev–Trinajstić information content (AvgIpc) is 3.00. The van der Waals surface area contributed by atoms with Crippen LogP contribution in [0.5, 0.6) is 0 Å². The van der Waals surface area contributed by atoms with Crippen LogP contribution in [0.15, 0.2) is 78.0 Å². The van der Waals surface area contributed by atoms with Crippen molar-refractivity contribution in [1.82, 2.24) is 19.8 Å². The topological polar surface area (TPSA) is 69.6 Å². The van der Waals surface area contributed by atoms with Crippen molar-refractivity contribution in [2.75, 3.05) is 31.1 Å². The van der Waals surface area contributed by atoms with Crippen molar-refractivity contribution in [3.05, 3.63) is 94.7 Å². The molecule has 1 aliphatic carbocycles. The van der Waals surface area contributed by atoms with Gasteiger partial charge in [-0.25, -0.2) is 9.97 Å². The molecule has 2 amide bonds. The fourth-order valence-electron chi connectivity index (χ4n) is 6.15. The minimum atomic E-state index is -0.0613. The largest absolute Gasteiger partial charge is 0.339 e. The van der Waals surface area contributed by atoms with E-state index in [1.54, 1.807) is 24.2 Å². The van der Waals surface area contributed by atoms with Crippen LogP contribution in [0.1, 0.15) is 36.0 Å². The summed E-state index contributed by atoms with van der Waals surface area (Å²) in [5.41, 5.74) is 3.35. The van der Waals surface area contributed by atoms with E-state index in [-0.39, 0.29) is 29.0 Å². The molecule has 3 atom stereocenters. The molecule has 0 spiro atoms. The van der Waals surface area contributed by atoms with Gasteiger partial charge in [0.05, 0.1) is 4.91 Å². The van der Waals surface area contributed by atoms with E-state index in [0.717, 1.165) is 47.9 Å². The average molecular weight is 554 g/mol. The molecule has 8 heteroatoms. The Morgan fingerprint density at radius 3 is 2.50 bits per heavy atom. The molecule has 7 nitrogen and oxygen atoms in total. The van der Waals surface area contributed by atoms with Crippen LogP contribution in [0.25, 0.3) is 6.08 Å². The summed E-state index contributed by atoms with van der Waals surface area (Å²) in [7, 11) is 0. The number of nitrogens with zero attached hydrogens (tertiary/aromatic N) is 5. The lowest BCUT2D eigenvalue weighted by Crippen LogP contribution is -2.55. The number of piperazine rings is 1. The number of anilines is 1. The molecule has 3 aromatic rings. The summed E-state index contributed by atoms with van der Waals surface area (Å²) < 4.78 is 0. The number of amides is 2. The van der Waals surface area contributed by atoms with E-state index in [2.05, 4.69) is 51.0 Å². The van der Waals surface area contributed by atoms with Crippen molar-refractivity contribution >= 4 is 35.6 Å². The molecule has 3 aliphatic rings. The molecule has 3 heterocycles. The molecule has 0 N–H and O–H groups in total. The first-order valence-electron chi connectivity index (χ1n) is 14.2. The van der Waals surface area contributed by atoms with Crippen LogP contribution in [0.2, 0.25) is 0 Å². The summed E-state index contributed by atoms with van der Waals surface area (Å²) in [6, 6.07) is 20.3. The van der Waals surface area contributed by atoms with Crippen LogP contribution in [0, 0.1) is 12.8 Å². The first-order valence-corrected chi connectivity index (χ1v) is 15.0. The highest BCUT2D eigenvalue weighted by molar-refractivity contribution is 8.04. The number of aryl methyl sites for hydroxylation is 1. The summed E-state index contributed by atoms with van der Waals surface area (Å²) in [6.45, 7) is 5.45. The lowest BCUT2D eigenvalue weighted by Gasteiger charge is -2.47. The van der Waals surface area contributed by atoms with Gasteiger partial charge in [0.2, 0.25) is 11.9 Å². The van der Waals surface area contributed by atoms with Gasteiger partial charge in [-0.3, -0.25) is 9.59 Å². The maximum absolute atomic E-state index is 13.9. The maximum Gasteiger partial charge on any atom is 0.260 e. The smallest absolute Gasteiger partial charge is 0.260 e. The third kappa shape index (κ3) is 5.77. The predicted octanol–water partition coefficient (Wildman–Crippen LogP) is 4.79. The van der Waals surface area contributed by atoms with Crippen LogP contribution in [-0.2, 0) is 16.1 Å². The van der Waals surface area contributed by atoms with Gasteiger partial charge >= 0.3 is 0 Å². The van der Waals surface area contributed by atoms with E-state index < -0.39 is 0 Å². The number of fused-ring (bicyclic) bond motifs is 1. The molecule has 0 bridgehead atoms. The van der Waals surface area contributed by atoms with E-state index in [1.165, 1.54) is 5.56 Å². The summed E-state index contributed by atoms with van der Waals surface area (Å²) in [5, 5.41) is 0.286. The van der Waals surface area contributed by atoms with E-state index in [4.69, 9.17) is 0 Å². The number of aromatic nitrogens is 2. The molecule has 40 heavy (non-hydrogen) atoms. The second-order valence-electron chi connectivity index (χ2n) is 10.9. The second-order valence-corrected chi connectivity index (χ2v) is 12.2. The van der Waals surface area contributed by atoms with Crippen LogP contribution in [-0.4, -0.2) is 69.1 Å². The lowest BCUT2D eigenvalue weighted by molar-refractivity contribution is -0.140. The number of benzene rings is 2. The van der Waals surface area contributed by atoms with Gasteiger partial charge in [-0.15, -0.1) is 11.8 Å². The molecule has 1 saturated carbocycles. The van der Waals surface area contributed by atoms with E-state index >= 15 is 0 Å². The summed E-state index contributed by atoms with van der Waals surface area (Å²) in [6.07, 6.45) is 8.04. The number of hydrogen-bond acceptors (Lipinski definition) is 6. The van der Waals surface area contributed by atoms with Crippen molar-refractivity contribution in [1.29, 1.82) is 0 Å². The summed E-state index contributed by atoms with van der Waals surface area (Å²) >= 11 is 1.71. The van der Waals surface area contributed by atoms with Gasteiger partial charge in [-0.2, -0.15) is 0 Å². The number of carbonyl (C=O) groups excluding carboxylic acids is 2. The highest BCUT2D eigenvalue weighted by Crippen LogP contribution is 2.44. The van der Waals surface area contributed by atoms with Crippen molar-refractivity contribution in [3.8, 4) is 0 Å². The fraction of sp³-hybridized carbons (Fsp3) is 0.375. The van der Waals surface area contributed by atoms with Crippen molar-refractivity contribution in [3.63, 3.8) is 0 Å². The van der Waals surface area contributed by atoms with Crippen LogP contribution in [0.4, 0.5) is 5.95 Å². The molecule has 0 radical (unpaired) electrons. The Morgan fingerprint density at radius 1 is 0.975 bits per heavy atom. The Labute approximate surface area is 240 Å². The van der Waals surface area contributed by atoms with Gasteiger partial charge in [-0.05, 0) is 49.5 Å². The number of rotatable bonds is 5. The molecule has 206 valence electrons. The molecule has 1 aromatic heterocycles. The minimum absolute atomic E-state index is 0.0349. The number of carbonyl (C=O) groups is 2. The predicted molar refractivity (Wildman–Crippen MR) is 159 cm³/mol. The Balaban J connectivity index is 1.19. The lowest BCUT2D eigenvalue weighted by atomic mass is 9.83. The zero-order chi connectivity index (χ0) is 27.5. The Hall–Kier alpha value is -3.65. The zero-order valence-corrected chi connectivity index (χ0v) is 23.7. The summed E-state index contributed by atoms with van der Waals surface area (Å²) in [4.78, 5) is 43.4. The monoisotopic (exact) mass is 553 g/mol. The van der Waals surface area contributed by atoms with E-state index in [9.17, 15) is 9.59 Å². The highest BCUT2D eigenvalue weighted by Gasteiger charge is 2.45. The van der Waals surface area contributed by atoms with Crippen LogP contribution >= 0.6 is 11.8 Å². The molecule has 2 aromatic carbocycles. The Kier molecular flexibility index (Phi) is 7.86. The maximum atomic E-state index is 13.9. The third-order valence-corrected chi connectivity index (χ3v) is 9.61. The molecule has 2 saturated heterocycles. The van der Waals surface area contributed by atoms with Gasteiger partial charge in [0.15, 0.2) is 0 Å². The fourth-order valence-corrected chi connectivity index (χ4v) is 7.56. The van der Waals surface area contributed by atoms with Crippen molar-refractivity contribution in [2.24, 2.45) is 5.92 Å². The first kappa shape index (κ1) is 26.6. The standard InChI is InChI=1S/C32H35N5O2S/c1-23-7-5-10-25(19-23)22-37-27-21-26(30(38)35-15-17-36(18-16-35)32-33-13-6-14-34-32)11-12-28(27)40-29(31(37)39)20-24-8-3-2-4-9-24/h2-10,13-14,19-20,26-28H,11-12,15-18,21-22H2,1H3/b29-20-. The first-order chi connectivity index (χ1) is 19.5. The molecule has 6 rings (SSSR count). The van der Waals surface area contributed by atoms with Gasteiger partial charge in [-0.1, -0.05) is 60.2 Å². The molecular formula is C32H35N5O2S. The number of thioether (sulfide) groups is 1. The Bertz CT molecular complexity index is 1370. The van der Waals surface area contributed by atoms with Gasteiger partial charge in [0, 0.05) is 62.3 Å². The minimum Gasteiger partial charge on any atom is -0.339 e. The van der Waals surface area contributed by atoms with Gasteiger partial charge in [0.25, 0.3) is 5.91 Å². The van der Waals surface area contributed by atoms with Gasteiger partial charge < -0.3 is 14.7 Å². The molecule has 3 fully saturated rings. The third-order valence-electron chi connectivity index (χ3n) is 8.21. The molecular weight excluding hydrogens is 518 g/mol. The molecule has 2 aliphatic heterocycles.